The van der Waals surface area contributed by atoms with E-state index in [4.69, 9.17) is 0 Å². The molecule has 0 unspecified atom stereocenters. The molecule has 1 aliphatic rings. The smallest absolute Gasteiger partial charge is 0.0668 e. The number of rotatable bonds is 1. The first kappa shape index (κ1) is 10.7. The highest BCUT2D eigenvalue weighted by Gasteiger charge is 2.47. The van der Waals surface area contributed by atoms with Crippen LogP contribution in [0.15, 0.2) is 0 Å². The van der Waals surface area contributed by atoms with Gasteiger partial charge >= 0.3 is 0 Å². The highest BCUT2D eigenvalue weighted by molar-refractivity contribution is 9.10. The van der Waals surface area contributed by atoms with Crippen molar-refractivity contribution in [2.45, 2.75) is 55.4 Å². The number of aliphatic hydroxyl groups is 1. The Morgan fingerprint density at radius 2 is 1.92 bits per heavy atom. The maximum absolute atomic E-state index is 9.95. The summed E-state index contributed by atoms with van der Waals surface area (Å²) in [6.07, 6.45) is 4.49. The zero-order chi connectivity index (χ0) is 9.41. The highest BCUT2D eigenvalue weighted by atomic mass is 79.9. The Labute approximate surface area is 84.7 Å². The van der Waals surface area contributed by atoms with Crippen molar-refractivity contribution in [3.8, 4) is 0 Å². The van der Waals surface area contributed by atoms with Crippen LogP contribution >= 0.6 is 15.9 Å². The van der Waals surface area contributed by atoms with Crippen LogP contribution in [0.4, 0.5) is 0 Å². The Kier molecular flexibility index (Phi) is 3.07. The van der Waals surface area contributed by atoms with Crippen LogP contribution in [-0.4, -0.2) is 23.2 Å². The molecule has 0 saturated heterocycles. The SMILES string of the molecule is C[Si](C)(C)[C@]1(Br)CCCC[C@@H]1O. The van der Waals surface area contributed by atoms with Crippen LogP contribution < -0.4 is 0 Å². The first-order valence-electron chi connectivity index (χ1n) is 4.75. The summed E-state index contributed by atoms with van der Waals surface area (Å²) in [7, 11) is -1.28. The van der Waals surface area contributed by atoms with Gasteiger partial charge in [0.2, 0.25) is 0 Å². The largest absolute Gasteiger partial charge is 0.392 e. The molecule has 0 aliphatic heterocycles. The van der Waals surface area contributed by atoms with Crippen LogP contribution in [0, 0.1) is 0 Å². The molecule has 1 nitrogen and oxygen atoms in total. The quantitative estimate of drug-likeness (QED) is 0.561. The average Bonchev–Trinajstić information content (AvgIpc) is 1.93. The third kappa shape index (κ3) is 1.78. The molecule has 12 heavy (non-hydrogen) atoms. The van der Waals surface area contributed by atoms with Gasteiger partial charge in [-0.15, -0.1) is 0 Å². The third-order valence-electron chi connectivity index (χ3n) is 3.04. The first-order chi connectivity index (χ1) is 5.38. The Morgan fingerprint density at radius 3 is 2.25 bits per heavy atom. The minimum absolute atomic E-state index is 0.0816. The first-order valence-corrected chi connectivity index (χ1v) is 9.04. The van der Waals surface area contributed by atoms with Gasteiger partial charge in [0.15, 0.2) is 0 Å². The normalized spacial score (nSPS) is 38.2. The maximum atomic E-state index is 9.95. The van der Waals surface area contributed by atoms with Gasteiger partial charge in [0, 0.05) is 3.95 Å². The summed E-state index contributed by atoms with van der Waals surface area (Å²) in [6, 6.07) is 0. The van der Waals surface area contributed by atoms with Crippen molar-refractivity contribution in [1.29, 1.82) is 0 Å². The molecule has 0 bridgehead atoms. The van der Waals surface area contributed by atoms with Crippen molar-refractivity contribution in [3.05, 3.63) is 0 Å². The van der Waals surface area contributed by atoms with E-state index in [-0.39, 0.29) is 10.1 Å². The van der Waals surface area contributed by atoms with Crippen LogP contribution in [0.5, 0.6) is 0 Å². The molecule has 0 aromatic rings. The molecule has 1 saturated carbocycles. The van der Waals surface area contributed by atoms with Gasteiger partial charge in [-0.25, -0.2) is 0 Å². The Morgan fingerprint density at radius 1 is 1.33 bits per heavy atom. The molecule has 2 atom stereocenters. The average molecular weight is 251 g/mol. The number of hydrogen-bond acceptors (Lipinski definition) is 1. The minimum Gasteiger partial charge on any atom is -0.392 e. The van der Waals surface area contributed by atoms with Gasteiger partial charge in [0.25, 0.3) is 0 Å². The van der Waals surface area contributed by atoms with E-state index in [0.717, 1.165) is 12.8 Å². The fourth-order valence-corrected chi connectivity index (χ4v) is 4.57. The summed E-state index contributed by atoms with van der Waals surface area (Å²) < 4.78 is 0.0816. The summed E-state index contributed by atoms with van der Waals surface area (Å²) in [5, 5.41) is 9.95. The second kappa shape index (κ2) is 3.43. The van der Waals surface area contributed by atoms with E-state index in [1.165, 1.54) is 12.8 Å². The van der Waals surface area contributed by atoms with Crippen molar-refractivity contribution in [2.24, 2.45) is 0 Å². The number of halogens is 1. The van der Waals surface area contributed by atoms with Crippen LogP contribution in [0.3, 0.4) is 0 Å². The van der Waals surface area contributed by atoms with Crippen LogP contribution in [-0.2, 0) is 0 Å². The molecule has 72 valence electrons. The molecule has 0 radical (unpaired) electrons. The standard InChI is InChI=1S/C9H19BrOSi/c1-12(2,3)9(10)7-5-4-6-8(9)11/h8,11H,4-7H2,1-3H3/t8-,9+/m0/s1. The van der Waals surface area contributed by atoms with Gasteiger partial charge in [-0.3, -0.25) is 0 Å². The molecule has 0 heterocycles. The molecule has 1 fully saturated rings. The molecular formula is C9H19BrOSi. The van der Waals surface area contributed by atoms with Crippen LogP contribution in [0.25, 0.3) is 0 Å². The monoisotopic (exact) mass is 250 g/mol. The highest BCUT2D eigenvalue weighted by Crippen LogP contribution is 2.43. The van der Waals surface area contributed by atoms with Gasteiger partial charge in [-0.05, 0) is 12.8 Å². The summed E-state index contributed by atoms with van der Waals surface area (Å²) >= 11 is 3.79. The van der Waals surface area contributed by atoms with E-state index in [1.807, 2.05) is 0 Å². The van der Waals surface area contributed by atoms with Gasteiger partial charge in [0.1, 0.15) is 0 Å². The molecule has 1 N–H and O–H groups in total. The molecular weight excluding hydrogens is 232 g/mol. The van der Waals surface area contributed by atoms with Crippen molar-refractivity contribution in [1.82, 2.24) is 0 Å². The summed E-state index contributed by atoms with van der Waals surface area (Å²) in [4.78, 5) is 0. The van der Waals surface area contributed by atoms with E-state index >= 15 is 0 Å². The van der Waals surface area contributed by atoms with Crippen LogP contribution in [0.2, 0.25) is 19.6 Å². The number of alkyl halides is 1. The second-order valence-corrected chi connectivity index (χ2v) is 12.4. The zero-order valence-corrected chi connectivity index (χ0v) is 10.8. The predicted molar refractivity (Wildman–Crippen MR) is 59.5 cm³/mol. The lowest BCUT2D eigenvalue weighted by atomic mass is 9.97. The van der Waals surface area contributed by atoms with E-state index < -0.39 is 8.07 Å². The summed E-state index contributed by atoms with van der Waals surface area (Å²) in [6.45, 7) is 6.99. The molecule has 0 amide bonds. The van der Waals surface area contributed by atoms with E-state index in [1.54, 1.807) is 0 Å². The molecule has 3 heteroatoms. The van der Waals surface area contributed by atoms with Gasteiger partial charge in [-0.1, -0.05) is 48.4 Å². The van der Waals surface area contributed by atoms with Crippen molar-refractivity contribution >= 4 is 24.0 Å². The summed E-state index contributed by atoms with van der Waals surface area (Å²) in [5.41, 5.74) is 0. The topological polar surface area (TPSA) is 20.2 Å². The number of aliphatic hydroxyl groups excluding tert-OH is 1. The predicted octanol–water partition coefficient (Wildman–Crippen LogP) is 2.93. The van der Waals surface area contributed by atoms with Crippen molar-refractivity contribution < 1.29 is 5.11 Å². The third-order valence-corrected chi connectivity index (χ3v) is 10.6. The lowest BCUT2D eigenvalue weighted by Crippen LogP contribution is -2.56. The molecule has 1 rings (SSSR count). The lowest BCUT2D eigenvalue weighted by Gasteiger charge is -2.45. The molecule has 0 aromatic heterocycles. The maximum Gasteiger partial charge on any atom is 0.0668 e. The van der Waals surface area contributed by atoms with Crippen LogP contribution in [0.1, 0.15) is 25.7 Å². The van der Waals surface area contributed by atoms with Gasteiger partial charge in [-0.2, -0.15) is 0 Å². The van der Waals surface area contributed by atoms with Crippen molar-refractivity contribution in [3.63, 3.8) is 0 Å². The molecule has 0 aromatic carbocycles. The number of hydrogen-bond donors (Lipinski definition) is 1. The van der Waals surface area contributed by atoms with E-state index in [9.17, 15) is 5.11 Å². The van der Waals surface area contributed by atoms with Crippen molar-refractivity contribution in [2.75, 3.05) is 0 Å². The fraction of sp³-hybridized carbons (Fsp3) is 1.00. The molecule has 1 aliphatic carbocycles. The van der Waals surface area contributed by atoms with Gasteiger partial charge in [0.05, 0.1) is 14.2 Å². The van der Waals surface area contributed by atoms with Gasteiger partial charge < -0.3 is 5.11 Å². The second-order valence-electron chi connectivity index (χ2n) is 4.87. The zero-order valence-electron chi connectivity index (χ0n) is 8.23. The Hall–Kier alpha value is 0.657. The van der Waals surface area contributed by atoms with E-state index in [0.29, 0.717) is 0 Å². The Balaban J connectivity index is 2.79. The molecule has 0 spiro atoms. The fourth-order valence-electron chi connectivity index (χ4n) is 1.99. The minimum atomic E-state index is -1.28. The van der Waals surface area contributed by atoms with E-state index in [2.05, 4.69) is 35.6 Å². The lowest BCUT2D eigenvalue weighted by molar-refractivity contribution is 0.121. The summed E-state index contributed by atoms with van der Waals surface area (Å²) in [5.74, 6) is 0. The Bertz CT molecular complexity index is 166.